The van der Waals surface area contributed by atoms with Gasteiger partial charge >= 0.3 is 0 Å². The molecule has 4 nitrogen and oxygen atoms in total. The average molecular weight is 299 g/mol. The highest BCUT2D eigenvalue weighted by Gasteiger charge is 2.22. The van der Waals surface area contributed by atoms with Crippen LogP contribution in [0.5, 0.6) is 5.75 Å². The van der Waals surface area contributed by atoms with Crippen LogP contribution in [-0.4, -0.2) is 26.1 Å². The van der Waals surface area contributed by atoms with E-state index in [2.05, 4.69) is 5.32 Å². The summed E-state index contributed by atoms with van der Waals surface area (Å²) in [6.45, 7) is 2.70. The van der Waals surface area contributed by atoms with Crippen LogP contribution in [0.4, 0.5) is 5.69 Å². The normalized spacial score (nSPS) is 13.2. The number of hydrogen-bond donors (Lipinski definition) is 2. The Labute approximate surface area is 131 Å². The zero-order chi connectivity index (χ0) is 15.9. The number of methoxy groups -OCH3 is 1. The molecule has 0 spiro atoms. The Balaban J connectivity index is 1.96. The maximum absolute atomic E-state index is 12.3. The number of carbonyl (C=O) groups excluding carboxylic acids is 1. The highest BCUT2D eigenvalue weighted by Crippen LogP contribution is 2.11. The number of amides is 1. The molecule has 1 amide bonds. The van der Waals surface area contributed by atoms with Gasteiger partial charge in [0.2, 0.25) is 0 Å². The van der Waals surface area contributed by atoms with Crippen LogP contribution in [-0.2, 0) is 11.3 Å². The van der Waals surface area contributed by atoms with Crippen molar-refractivity contribution in [3.05, 3.63) is 60.2 Å². The lowest BCUT2D eigenvalue weighted by atomic mass is 10.1. The largest absolute Gasteiger partial charge is 0.497 e. The van der Waals surface area contributed by atoms with Gasteiger partial charge in [0, 0.05) is 11.3 Å². The Hall–Kier alpha value is -2.33. The Morgan fingerprint density at radius 2 is 1.91 bits per heavy atom. The van der Waals surface area contributed by atoms with Gasteiger partial charge in [0.15, 0.2) is 6.04 Å². The third-order valence-corrected chi connectivity index (χ3v) is 3.79. The molecule has 0 fully saturated rings. The van der Waals surface area contributed by atoms with Gasteiger partial charge in [-0.05, 0) is 31.2 Å². The van der Waals surface area contributed by atoms with Gasteiger partial charge in [0.25, 0.3) is 5.91 Å². The Bertz CT molecular complexity index is 613. The summed E-state index contributed by atoms with van der Waals surface area (Å²) in [4.78, 5) is 13.4. The number of likely N-dealkylation sites (N-methyl/N-ethyl adjacent to an activating group) is 1. The van der Waals surface area contributed by atoms with Crippen LogP contribution in [0.15, 0.2) is 54.6 Å². The maximum Gasteiger partial charge on any atom is 0.282 e. The Morgan fingerprint density at radius 1 is 1.18 bits per heavy atom. The molecule has 1 unspecified atom stereocenters. The summed E-state index contributed by atoms with van der Waals surface area (Å²) in [6, 6.07) is 17.3. The first-order valence-corrected chi connectivity index (χ1v) is 7.41. The van der Waals surface area contributed by atoms with Gasteiger partial charge in [-0.15, -0.1) is 0 Å². The van der Waals surface area contributed by atoms with Crippen LogP contribution in [0, 0.1) is 0 Å². The van der Waals surface area contributed by atoms with Crippen molar-refractivity contribution in [2.24, 2.45) is 0 Å². The first-order valence-electron chi connectivity index (χ1n) is 7.41. The van der Waals surface area contributed by atoms with Gasteiger partial charge in [0.05, 0.1) is 14.2 Å². The number of rotatable bonds is 6. The van der Waals surface area contributed by atoms with Crippen LogP contribution >= 0.6 is 0 Å². The number of carbonyl (C=O) groups is 1. The molecule has 4 heteroatoms. The smallest absolute Gasteiger partial charge is 0.282 e. The predicted molar refractivity (Wildman–Crippen MR) is 88.1 cm³/mol. The fraction of sp³-hybridized carbons (Fsp3) is 0.278. The Morgan fingerprint density at radius 3 is 2.59 bits per heavy atom. The lowest BCUT2D eigenvalue weighted by Gasteiger charge is -2.21. The zero-order valence-electron chi connectivity index (χ0n) is 13.3. The van der Waals surface area contributed by atoms with Crippen molar-refractivity contribution in [3.8, 4) is 5.75 Å². The van der Waals surface area contributed by atoms with Crippen molar-refractivity contribution in [1.29, 1.82) is 0 Å². The summed E-state index contributed by atoms with van der Waals surface area (Å²) in [5, 5.41) is 2.95. The topological polar surface area (TPSA) is 42.8 Å². The van der Waals surface area contributed by atoms with E-state index in [-0.39, 0.29) is 11.9 Å². The molecule has 116 valence electrons. The van der Waals surface area contributed by atoms with Gasteiger partial charge in [-0.2, -0.15) is 0 Å². The van der Waals surface area contributed by atoms with Crippen LogP contribution in [0.1, 0.15) is 12.5 Å². The molecule has 0 aliphatic heterocycles. The molecule has 0 aromatic heterocycles. The van der Waals surface area contributed by atoms with E-state index in [9.17, 15) is 4.79 Å². The molecule has 0 radical (unpaired) electrons. The number of benzene rings is 2. The monoisotopic (exact) mass is 299 g/mol. The van der Waals surface area contributed by atoms with Gasteiger partial charge in [-0.3, -0.25) is 4.79 Å². The van der Waals surface area contributed by atoms with Crippen molar-refractivity contribution in [1.82, 2.24) is 0 Å². The second kappa shape index (κ2) is 7.61. The van der Waals surface area contributed by atoms with Gasteiger partial charge < -0.3 is 15.0 Å². The molecule has 0 heterocycles. The molecule has 2 N–H and O–H groups in total. The van der Waals surface area contributed by atoms with Gasteiger partial charge in [0.1, 0.15) is 12.3 Å². The summed E-state index contributed by atoms with van der Waals surface area (Å²) >= 11 is 0. The molecule has 22 heavy (non-hydrogen) atoms. The summed E-state index contributed by atoms with van der Waals surface area (Å²) in [7, 11) is 3.68. The molecule has 2 atom stereocenters. The third kappa shape index (κ3) is 4.33. The standard InChI is InChI=1S/C18H22N2O2/c1-14(18(21)19-16-9-5-4-6-10-16)20(2)13-15-8-7-11-17(12-15)22-3/h4-12,14H,13H2,1-3H3,(H,19,21)/p+1/t14-/m0/s1. The number of quaternary nitrogens is 1. The quantitative estimate of drug-likeness (QED) is 0.853. The zero-order valence-corrected chi connectivity index (χ0v) is 13.3. The van der Waals surface area contributed by atoms with E-state index in [0.29, 0.717) is 0 Å². The van der Waals surface area contributed by atoms with Crippen LogP contribution in [0.2, 0.25) is 0 Å². The lowest BCUT2D eigenvalue weighted by Crippen LogP contribution is -3.12. The van der Waals surface area contributed by atoms with E-state index in [1.54, 1.807) is 7.11 Å². The van der Waals surface area contributed by atoms with Crippen molar-refractivity contribution >= 4 is 11.6 Å². The van der Waals surface area contributed by atoms with E-state index in [0.717, 1.165) is 28.4 Å². The summed E-state index contributed by atoms with van der Waals surface area (Å²) in [5.41, 5.74) is 1.98. The molecule has 0 saturated heterocycles. The highest BCUT2D eigenvalue weighted by atomic mass is 16.5. The Kier molecular flexibility index (Phi) is 5.55. The minimum atomic E-state index is -0.147. The van der Waals surface area contributed by atoms with E-state index in [1.165, 1.54) is 0 Å². The van der Waals surface area contributed by atoms with E-state index in [1.807, 2.05) is 68.6 Å². The second-order valence-corrected chi connectivity index (χ2v) is 5.45. The van der Waals surface area contributed by atoms with Crippen molar-refractivity contribution in [2.75, 3.05) is 19.5 Å². The summed E-state index contributed by atoms with van der Waals surface area (Å²) in [5.74, 6) is 0.860. The van der Waals surface area contributed by atoms with Gasteiger partial charge in [-0.25, -0.2) is 0 Å². The molecule has 2 rings (SSSR count). The molecule has 0 saturated carbocycles. The molecular weight excluding hydrogens is 276 g/mol. The van der Waals surface area contributed by atoms with Crippen LogP contribution in [0.25, 0.3) is 0 Å². The molecule has 0 aliphatic carbocycles. The third-order valence-electron chi connectivity index (χ3n) is 3.79. The fourth-order valence-corrected chi connectivity index (χ4v) is 2.25. The minimum Gasteiger partial charge on any atom is -0.497 e. The first-order chi connectivity index (χ1) is 10.6. The number of anilines is 1. The first kappa shape index (κ1) is 16.0. The highest BCUT2D eigenvalue weighted by molar-refractivity contribution is 5.93. The molecular formula is C18H23N2O2+. The lowest BCUT2D eigenvalue weighted by molar-refractivity contribution is -0.907. The van der Waals surface area contributed by atoms with E-state index in [4.69, 9.17) is 4.74 Å². The second-order valence-electron chi connectivity index (χ2n) is 5.45. The van der Waals surface area contributed by atoms with Crippen molar-refractivity contribution < 1.29 is 14.4 Å². The molecule has 0 aliphatic rings. The summed E-state index contributed by atoms with van der Waals surface area (Å²) in [6.07, 6.45) is 0. The maximum atomic E-state index is 12.3. The number of para-hydroxylation sites is 1. The van der Waals surface area contributed by atoms with E-state index >= 15 is 0 Å². The predicted octanol–water partition coefficient (Wildman–Crippen LogP) is 1.74. The fourth-order valence-electron chi connectivity index (χ4n) is 2.25. The number of ether oxygens (including phenoxy) is 1. The van der Waals surface area contributed by atoms with Crippen molar-refractivity contribution in [2.45, 2.75) is 19.5 Å². The average Bonchev–Trinajstić information content (AvgIpc) is 2.55. The number of nitrogens with one attached hydrogen (secondary N) is 2. The van der Waals surface area contributed by atoms with Crippen molar-refractivity contribution in [3.63, 3.8) is 0 Å². The summed E-state index contributed by atoms with van der Waals surface area (Å²) < 4.78 is 5.23. The minimum absolute atomic E-state index is 0.0200. The molecule has 0 bridgehead atoms. The SMILES string of the molecule is COc1cccc(C[NH+](C)[C@@H](C)C(=O)Nc2ccccc2)c1. The van der Waals surface area contributed by atoms with Crippen LogP contribution < -0.4 is 15.0 Å². The molecule has 2 aromatic rings. The molecule has 2 aromatic carbocycles. The van der Waals surface area contributed by atoms with Crippen LogP contribution in [0.3, 0.4) is 0 Å². The van der Waals surface area contributed by atoms with E-state index < -0.39 is 0 Å². The van der Waals surface area contributed by atoms with Gasteiger partial charge in [-0.1, -0.05) is 30.3 Å². The number of hydrogen-bond acceptors (Lipinski definition) is 2.